The number of benzene rings is 1. The summed E-state index contributed by atoms with van der Waals surface area (Å²) in [6.07, 6.45) is 4.79. The van der Waals surface area contributed by atoms with Crippen molar-refractivity contribution in [2.75, 3.05) is 33.4 Å². The number of hydrogen-bond donors (Lipinski definition) is 1. The molecule has 0 unspecified atom stereocenters. The number of nitrogens with one attached hydrogen (secondary N) is 1. The summed E-state index contributed by atoms with van der Waals surface area (Å²) >= 11 is 0. The van der Waals surface area contributed by atoms with Gasteiger partial charge in [0.2, 0.25) is 5.91 Å². The van der Waals surface area contributed by atoms with Gasteiger partial charge in [-0.05, 0) is 49.9 Å². The molecule has 1 atom stereocenters. The van der Waals surface area contributed by atoms with E-state index in [0.717, 1.165) is 32.1 Å². The second-order valence-electron chi connectivity index (χ2n) is 7.63. The monoisotopic (exact) mass is 418 g/mol. The molecule has 0 spiro atoms. The van der Waals surface area contributed by atoms with Crippen molar-refractivity contribution >= 4 is 17.8 Å². The van der Waals surface area contributed by atoms with Crippen LogP contribution in [-0.2, 0) is 19.1 Å². The third kappa shape index (κ3) is 5.95. The first-order valence-electron chi connectivity index (χ1n) is 10.6. The summed E-state index contributed by atoms with van der Waals surface area (Å²) in [5, 5.41) is 2.74. The van der Waals surface area contributed by atoms with Crippen molar-refractivity contribution in [1.29, 1.82) is 0 Å². The van der Waals surface area contributed by atoms with E-state index in [1.54, 1.807) is 31.4 Å². The predicted molar refractivity (Wildman–Crippen MR) is 109 cm³/mol. The Kier molecular flexibility index (Phi) is 8.07. The number of methoxy groups -OCH3 is 1. The van der Waals surface area contributed by atoms with Gasteiger partial charge in [0.05, 0.1) is 13.0 Å². The van der Waals surface area contributed by atoms with Gasteiger partial charge in [-0.3, -0.25) is 14.4 Å². The van der Waals surface area contributed by atoms with Crippen LogP contribution >= 0.6 is 0 Å². The maximum Gasteiger partial charge on any atom is 0.308 e. The van der Waals surface area contributed by atoms with Crippen LogP contribution in [0.1, 0.15) is 48.9 Å². The van der Waals surface area contributed by atoms with Gasteiger partial charge >= 0.3 is 5.97 Å². The maximum absolute atomic E-state index is 13.0. The van der Waals surface area contributed by atoms with E-state index in [2.05, 4.69) is 5.32 Å². The summed E-state index contributed by atoms with van der Waals surface area (Å²) in [7, 11) is 1.60. The minimum atomic E-state index is -0.861. The van der Waals surface area contributed by atoms with E-state index < -0.39 is 12.0 Å². The molecule has 1 saturated carbocycles. The van der Waals surface area contributed by atoms with Crippen molar-refractivity contribution in [3.63, 3.8) is 0 Å². The molecule has 8 nitrogen and oxygen atoms in total. The van der Waals surface area contributed by atoms with Crippen molar-refractivity contribution in [3.8, 4) is 5.75 Å². The Balaban J connectivity index is 1.62. The first-order valence-corrected chi connectivity index (χ1v) is 10.6. The molecule has 1 heterocycles. The molecule has 0 radical (unpaired) electrons. The number of rotatable bonds is 8. The SMILES string of the molecule is COCCOc1ccc(C(=O)N2CCNC(=O)[C@@H]2CC(=O)OC2CCCCC2)cc1. The van der Waals surface area contributed by atoms with Crippen LogP contribution in [0.3, 0.4) is 0 Å². The molecule has 1 saturated heterocycles. The first-order chi connectivity index (χ1) is 14.6. The molecule has 3 rings (SSSR count). The molecule has 0 aromatic heterocycles. The lowest BCUT2D eigenvalue weighted by molar-refractivity contribution is -0.153. The van der Waals surface area contributed by atoms with Gasteiger partial charge in [0.1, 0.15) is 24.5 Å². The Labute approximate surface area is 176 Å². The van der Waals surface area contributed by atoms with E-state index in [-0.39, 0.29) is 24.3 Å². The molecule has 8 heteroatoms. The molecular formula is C22H30N2O6. The van der Waals surface area contributed by atoms with Crippen molar-refractivity contribution in [3.05, 3.63) is 29.8 Å². The van der Waals surface area contributed by atoms with Gasteiger partial charge in [0.15, 0.2) is 0 Å². The second-order valence-corrected chi connectivity index (χ2v) is 7.63. The summed E-state index contributed by atoms with van der Waals surface area (Å²) < 4.78 is 16.0. The minimum Gasteiger partial charge on any atom is -0.491 e. The number of carbonyl (C=O) groups excluding carboxylic acids is 3. The molecule has 1 aromatic rings. The fraction of sp³-hybridized carbons (Fsp3) is 0.591. The number of nitrogens with zero attached hydrogens (tertiary/aromatic N) is 1. The normalized spacial score (nSPS) is 19.8. The first kappa shape index (κ1) is 22.1. The smallest absolute Gasteiger partial charge is 0.308 e. The average Bonchev–Trinajstić information content (AvgIpc) is 2.76. The van der Waals surface area contributed by atoms with Crippen LogP contribution in [0, 0.1) is 0 Å². The second kappa shape index (κ2) is 11.0. The van der Waals surface area contributed by atoms with Gasteiger partial charge < -0.3 is 24.4 Å². The quantitative estimate of drug-likeness (QED) is 0.512. The summed E-state index contributed by atoms with van der Waals surface area (Å²) in [6, 6.07) is 5.88. The molecule has 2 amide bonds. The molecule has 30 heavy (non-hydrogen) atoms. The van der Waals surface area contributed by atoms with Crippen LogP contribution in [0.15, 0.2) is 24.3 Å². The van der Waals surface area contributed by atoms with Gasteiger partial charge in [-0.2, -0.15) is 0 Å². The largest absolute Gasteiger partial charge is 0.491 e. The highest BCUT2D eigenvalue weighted by molar-refractivity contribution is 5.99. The number of amides is 2. The number of esters is 1. The average molecular weight is 418 g/mol. The molecular weight excluding hydrogens is 388 g/mol. The molecule has 0 bridgehead atoms. The van der Waals surface area contributed by atoms with Gasteiger partial charge in [0.25, 0.3) is 5.91 Å². The van der Waals surface area contributed by atoms with Crippen molar-refractivity contribution in [1.82, 2.24) is 10.2 Å². The zero-order chi connectivity index (χ0) is 21.3. The van der Waals surface area contributed by atoms with E-state index in [4.69, 9.17) is 14.2 Å². The molecule has 1 aliphatic carbocycles. The number of carbonyl (C=O) groups is 3. The fourth-order valence-corrected chi connectivity index (χ4v) is 3.84. The Morgan fingerprint density at radius 1 is 1.10 bits per heavy atom. The zero-order valence-electron chi connectivity index (χ0n) is 17.4. The summed E-state index contributed by atoms with van der Waals surface area (Å²) in [5.41, 5.74) is 0.439. The van der Waals surface area contributed by atoms with E-state index in [9.17, 15) is 14.4 Å². The van der Waals surface area contributed by atoms with E-state index >= 15 is 0 Å². The summed E-state index contributed by atoms with van der Waals surface area (Å²) in [5.74, 6) is -0.408. The lowest BCUT2D eigenvalue weighted by Crippen LogP contribution is -2.58. The zero-order valence-corrected chi connectivity index (χ0v) is 17.4. The van der Waals surface area contributed by atoms with Crippen LogP contribution in [0.5, 0.6) is 5.75 Å². The highest BCUT2D eigenvalue weighted by Crippen LogP contribution is 2.22. The van der Waals surface area contributed by atoms with Crippen LogP contribution < -0.4 is 10.1 Å². The Hall–Kier alpha value is -2.61. The number of ether oxygens (including phenoxy) is 3. The molecule has 2 aliphatic rings. The van der Waals surface area contributed by atoms with Crippen LogP contribution in [-0.4, -0.2) is 68.2 Å². The molecule has 1 N–H and O–H groups in total. The van der Waals surface area contributed by atoms with E-state index in [1.807, 2.05) is 0 Å². The molecule has 2 fully saturated rings. The summed E-state index contributed by atoms with van der Waals surface area (Å²) in [6.45, 7) is 1.60. The molecule has 1 aliphatic heterocycles. The molecule has 164 valence electrons. The van der Waals surface area contributed by atoms with E-state index in [0.29, 0.717) is 37.6 Å². The minimum absolute atomic E-state index is 0.0762. The van der Waals surface area contributed by atoms with Crippen molar-refractivity contribution in [2.45, 2.75) is 50.7 Å². The third-order valence-electron chi connectivity index (χ3n) is 5.46. The lowest BCUT2D eigenvalue weighted by Gasteiger charge is -2.35. The van der Waals surface area contributed by atoms with Crippen LogP contribution in [0.2, 0.25) is 0 Å². The van der Waals surface area contributed by atoms with Gasteiger partial charge in [-0.1, -0.05) is 6.42 Å². The summed E-state index contributed by atoms with van der Waals surface area (Å²) in [4.78, 5) is 39.3. The van der Waals surface area contributed by atoms with Crippen LogP contribution in [0.4, 0.5) is 0 Å². The number of piperazine rings is 1. The van der Waals surface area contributed by atoms with Crippen molar-refractivity contribution < 1.29 is 28.6 Å². The highest BCUT2D eigenvalue weighted by Gasteiger charge is 2.36. The van der Waals surface area contributed by atoms with E-state index in [1.165, 1.54) is 4.90 Å². The fourth-order valence-electron chi connectivity index (χ4n) is 3.84. The number of hydrogen-bond acceptors (Lipinski definition) is 6. The third-order valence-corrected chi connectivity index (χ3v) is 5.46. The topological polar surface area (TPSA) is 94.2 Å². The Bertz CT molecular complexity index is 730. The Morgan fingerprint density at radius 2 is 1.83 bits per heavy atom. The molecule has 1 aromatic carbocycles. The predicted octanol–water partition coefficient (Wildman–Crippen LogP) is 1.92. The van der Waals surface area contributed by atoms with Gasteiger partial charge in [-0.15, -0.1) is 0 Å². The maximum atomic E-state index is 13.0. The van der Waals surface area contributed by atoms with Crippen molar-refractivity contribution in [2.24, 2.45) is 0 Å². The highest BCUT2D eigenvalue weighted by atomic mass is 16.5. The standard InChI is InChI=1S/C22H30N2O6/c1-28-13-14-29-17-9-7-16(8-10-17)22(27)24-12-11-23-21(26)19(24)15-20(25)30-18-5-3-2-4-6-18/h7-10,18-19H,2-6,11-15H2,1H3,(H,23,26)/t19-/m0/s1. The lowest BCUT2D eigenvalue weighted by atomic mass is 9.98. The van der Waals surface area contributed by atoms with Gasteiger partial charge in [0, 0.05) is 25.8 Å². The van der Waals surface area contributed by atoms with Crippen LogP contribution in [0.25, 0.3) is 0 Å². The van der Waals surface area contributed by atoms with Gasteiger partial charge in [-0.25, -0.2) is 0 Å². The Morgan fingerprint density at radius 3 is 2.53 bits per heavy atom.